The topological polar surface area (TPSA) is 73.9 Å². The molecule has 1 aromatic carbocycles. The van der Waals surface area contributed by atoms with Crippen molar-refractivity contribution < 1.29 is 23.1 Å². The van der Waals surface area contributed by atoms with Gasteiger partial charge in [-0.1, -0.05) is 19.1 Å². The summed E-state index contributed by atoms with van der Waals surface area (Å²) in [7, 11) is -2.39. The number of nitrogens with one attached hydrogen (secondary N) is 1. The highest BCUT2D eigenvalue weighted by molar-refractivity contribution is 7.52. The van der Waals surface area contributed by atoms with Crippen LogP contribution in [0.3, 0.4) is 0 Å². The predicted molar refractivity (Wildman–Crippen MR) is 92.1 cm³/mol. The standard InChI is InChI=1S/C17H26NO5P/c1-12(2)22-16(19)13(3)18-24(20,21-5)23-15-8-6-14(7-9-15)17(4)10-11-17/h6-9,12-13H,10-11H2,1-5H3,(H,18,20)/t13-,24?/m0/s1. The van der Waals surface area contributed by atoms with Crippen molar-refractivity contribution >= 4 is 13.7 Å². The number of benzene rings is 1. The number of ether oxygens (including phenoxy) is 1. The molecule has 0 bridgehead atoms. The van der Waals surface area contributed by atoms with Gasteiger partial charge in [0.1, 0.15) is 11.8 Å². The number of carbonyl (C=O) groups is 1. The summed E-state index contributed by atoms with van der Waals surface area (Å²) in [5, 5.41) is 2.59. The summed E-state index contributed by atoms with van der Waals surface area (Å²) in [5.41, 5.74) is 1.50. The molecule has 2 atom stereocenters. The SMILES string of the molecule is COP(=O)(N[C@@H](C)C(=O)OC(C)C)Oc1ccc(C2(C)CC2)cc1. The monoisotopic (exact) mass is 355 g/mol. The van der Waals surface area contributed by atoms with Crippen LogP contribution in [0.4, 0.5) is 0 Å². The van der Waals surface area contributed by atoms with Crippen LogP contribution in [0.2, 0.25) is 0 Å². The molecule has 1 aliphatic rings. The maximum atomic E-state index is 12.7. The summed E-state index contributed by atoms with van der Waals surface area (Å²) in [5.74, 6) is -0.0898. The van der Waals surface area contributed by atoms with Crippen molar-refractivity contribution in [2.24, 2.45) is 0 Å². The smallest absolute Gasteiger partial charge is 0.459 e. The predicted octanol–water partition coefficient (Wildman–Crippen LogP) is 3.80. The van der Waals surface area contributed by atoms with Gasteiger partial charge < -0.3 is 9.26 Å². The second kappa shape index (κ2) is 7.26. The van der Waals surface area contributed by atoms with E-state index in [1.165, 1.54) is 25.5 Å². The molecule has 6 nitrogen and oxygen atoms in total. The second-order valence-electron chi connectivity index (χ2n) is 6.69. The Hall–Kier alpha value is -1.36. The molecule has 1 aromatic rings. The average Bonchev–Trinajstić information content (AvgIpc) is 3.26. The van der Waals surface area contributed by atoms with E-state index in [0.717, 1.165) is 0 Å². The molecule has 7 heteroatoms. The number of carbonyl (C=O) groups excluding carboxylic acids is 1. The van der Waals surface area contributed by atoms with E-state index in [4.69, 9.17) is 13.8 Å². The van der Waals surface area contributed by atoms with E-state index < -0.39 is 19.8 Å². The molecule has 1 N–H and O–H groups in total. The molecular formula is C17H26NO5P. The van der Waals surface area contributed by atoms with E-state index in [2.05, 4.69) is 12.0 Å². The third-order valence-corrected chi connectivity index (χ3v) is 5.71. The minimum Gasteiger partial charge on any atom is -0.462 e. The Morgan fingerprint density at radius 1 is 1.21 bits per heavy atom. The lowest BCUT2D eigenvalue weighted by Gasteiger charge is -2.22. The third-order valence-electron chi connectivity index (χ3n) is 4.07. The van der Waals surface area contributed by atoms with E-state index in [1.807, 2.05) is 12.1 Å². The first-order chi connectivity index (χ1) is 11.2. The largest absolute Gasteiger partial charge is 0.462 e. The number of rotatable bonds is 8. The van der Waals surface area contributed by atoms with Gasteiger partial charge in [0.2, 0.25) is 0 Å². The van der Waals surface area contributed by atoms with Gasteiger partial charge in [0, 0.05) is 7.11 Å². The summed E-state index contributed by atoms with van der Waals surface area (Å²) in [6, 6.07) is 6.66. The molecule has 1 saturated carbocycles. The molecule has 2 rings (SSSR count). The summed E-state index contributed by atoms with van der Waals surface area (Å²) in [4.78, 5) is 11.8. The van der Waals surface area contributed by atoms with Gasteiger partial charge in [0.05, 0.1) is 6.10 Å². The van der Waals surface area contributed by atoms with Gasteiger partial charge >= 0.3 is 13.7 Å². The fraction of sp³-hybridized carbons (Fsp3) is 0.588. The summed E-state index contributed by atoms with van der Waals surface area (Å²) >= 11 is 0. The highest BCUT2D eigenvalue weighted by atomic mass is 31.2. The van der Waals surface area contributed by atoms with Crippen molar-refractivity contribution in [3.05, 3.63) is 29.8 Å². The zero-order valence-electron chi connectivity index (χ0n) is 14.9. The first-order valence-electron chi connectivity index (χ1n) is 8.12. The normalized spacial score (nSPS) is 19.4. The summed E-state index contributed by atoms with van der Waals surface area (Å²) in [6.45, 7) is 7.27. The maximum absolute atomic E-state index is 12.7. The molecule has 0 aliphatic heterocycles. The molecule has 0 aromatic heterocycles. The van der Waals surface area contributed by atoms with Crippen molar-refractivity contribution in [2.75, 3.05) is 7.11 Å². The van der Waals surface area contributed by atoms with Gasteiger partial charge in [-0.25, -0.2) is 4.57 Å². The van der Waals surface area contributed by atoms with Gasteiger partial charge in [-0.3, -0.25) is 9.32 Å². The Kier molecular flexibility index (Phi) is 5.74. The molecule has 1 fully saturated rings. The lowest BCUT2D eigenvalue weighted by atomic mass is 9.99. The molecule has 0 saturated heterocycles. The van der Waals surface area contributed by atoms with Crippen molar-refractivity contribution in [2.45, 2.75) is 58.1 Å². The fourth-order valence-electron chi connectivity index (χ4n) is 2.27. The summed E-state index contributed by atoms with van der Waals surface area (Å²) in [6.07, 6.45) is 2.11. The molecular weight excluding hydrogens is 329 g/mol. The van der Waals surface area contributed by atoms with E-state index in [1.54, 1.807) is 32.9 Å². The molecule has 134 valence electrons. The molecule has 0 radical (unpaired) electrons. The van der Waals surface area contributed by atoms with Crippen LogP contribution in [-0.2, 0) is 24.0 Å². The number of hydrogen-bond donors (Lipinski definition) is 1. The van der Waals surface area contributed by atoms with Crippen LogP contribution in [0.15, 0.2) is 24.3 Å². The van der Waals surface area contributed by atoms with E-state index >= 15 is 0 Å². The van der Waals surface area contributed by atoms with E-state index in [9.17, 15) is 9.36 Å². The maximum Gasteiger partial charge on any atom is 0.459 e. The Labute approximate surface area is 143 Å². The molecule has 1 unspecified atom stereocenters. The lowest BCUT2D eigenvalue weighted by Crippen LogP contribution is -2.36. The zero-order chi connectivity index (χ0) is 18.0. The molecule has 24 heavy (non-hydrogen) atoms. The van der Waals surface area contributed by atoms with Crippen molar-refractivity contribution in [1.29, 1.82) is 0 Å². The van der Waals surface area contributed by atoms with Crippen LogP contribution in [0.1, 0.15) is 46.1 Å². The first-order valence-corrected chi connectivity index (χ1v) is 9.66. The van der Waals surface area contributed by atoms with E-state index in [-0.39, 0.29) is 11.5 Å². The zero-order valence-corrected chi connectivity index (χ0v) is 15.8. The minimum atomic E-state index is -3.67. The molecule has 0 spiro atoms. The van der Waals surface area contributed by atoms with Gasteiger partial charge in [0.15, 0.2) is 0 Å². The van der Waals surface area contributed by atoms with Gasteiger partial charge in [-0.2, -0.15) is 5.09 Å². The van der Waals surface area contributed by atoms with Gasteiger partial charge in [-0.15, -0.1) is 0 Å². The third kappa shape index (κ3) is 4.82. The lowest BCUT2D eigenvalue weighted by molar-refractivity contribution is -0.149. The van der Waals surface area contributed by atoms with Crippen molar-refractivity contribution in [3.63, 3.8) is 0 Å². The van der Waals surface area contributed by atoms with Crippen molar-refractivity contribution in [1.82, 2.24) is 5.09 Å². The Morgan fingerprint density at radius 2 is 1.79 bits per heavy atom. The van der Waals surface area contributed by atoms with E-state index in [0.29, 0.717) is 5.75 Å². The Balaban J connectivity index is 2.01. The second-order valence-corrected chi connectivity index (χ2v) is 8.49. The van der Waals surface area contributed by atoms with Crippen LogP contribution in [0, 0.1) is 0 Å². The highest BCUT2D eigenvalue weighted by Crippen LogP contribution is 2.49. The quantitative estimate of drug-likeness (QED) is 0.565. The number of esters is 1. The Morgan fingerprint density at radius 3 is 2.25 bits per heavy atom. The summed E-state index contributed by atoms with van der Waals surface area (Å²) < 4.78 is 28.2. The number of hydrogen-bond acceptors (Lipinski definition) is 5. The van der Waals surface area contributed by atoms with Gasteiger partial charge in [0.25, 0.3) is 0 Å². The Bertz CT molecular complexity index is 624. The fourth-order valence-corrected chi connectivity index (χ4v) is 3.49. The van der Waals surface area contributed by atoms with Gasteiger partial charge in [-0.05, 0) is 56.7 Å². The van der Waals surface area contributed by atoms with Crippen LogP contribution in [0.25, 0.3) is 0 Å². The van der Waals surface area contributed by atoms with Crippen LogP contribution < -0.4 is 9.61 Å². The molecule has 1 aliphatic carbocycles. The molecule has 0 heterocycles. The highest BCUT2D eigenvalue weighted by Gasteiger charge is 2.39. The van der Waals surface area contributed by atoms with Crippen LogP contribution in [-0.4, -0.2) is 25.2 Å². The molecule has 0 amide bonds. The average molecular weight is 355 g/mol. The first kappa shape index (κ1) is 19.0. The van der Waals surface area contributed by atoms with Crippen molar-refractivity contribution in [3.8, 4) is 5.75 Å². The van der Waals surface area contributed by atoms with Crippen LogP contribution >= 0.6 is 7.75 Å². The van der Waals surface area contributed by atoms with Crippen LogP contribution in [0.5, 0.6) is 5.75 Å². The minimum absolute atomic E-state index is 0.249.